The molecule has 0 aliphatic carbocycles. The first-order valence-electron chi connectivity index (χ1n) is 6.32. The Morgan fingerprint density at radius 2 is 2.22 bits per heavy atom. The lowest BCUT2D eigenvalue weighted by molar-refractivity contribution is -0.118. The van der Waals surface area contributed by atoms with E-state index in [1.54, 1.807) is 0 Å². The molecule has 0 spiro atoms. The van der Waals surface area contributed by atoms with E-state index in [1.807, 2.05) is 23.7 Å². The van der Waals surface area contributed by atoms with Crippen LogP contribution in [0.15, 0.2) is 17.0 Å². The van der Waals surface area contributed by atoms with Gasteiger partial charge in [0.1, 0.15) is 0 Å². The van der Waals surface area contributed by atoms with E-state index in [2.05, 4.69) is 31.3 Å². The predicted octanol–water partition coefficient (Wildman–Crippen LogP) is 2.35. The molecule has 3 nitrogen and oxygen atoms in total. The molecule has 98 valence electrons. The molecule has 0 aromatic heterocycles. The third kappa shape index (κ3) is 2.70. The molecule has 0 saturated heterocycles. The molecule has 1 amide bonds. The van der Waals surface area contributed by atoms with Crippen molar-refractivity contribution < 1.29 is 4.79 Å². The van der Waals surface area contributed by atoms with Crippen molar-refractivity contribution in [2.75, 3.05) is 30.8 Å². The predicted molar refractivity (Wildman–Crippen MR) is 77.5 cm³/mol. The molecule has 0 atom stereocenters. The lowest BCUT2D eigenvalue weighted by atomic mass is 10.1. The molecular weight excluding hydrogens is 244 g/mol. The third-order valence-corrected chi connectivity index (χ3v) is 4.35. The van der Waals surface area contributed by atoms with E-state index in [1.165, 1.54) is 16.0 Å². The second kappa shape index (κ2) is 5.76. The summed E-state index contributed by atoms with van der Waals surface area (Å²) in [6, 6.07) is 4.32. The molecule has 0 radical (unpaired) electrons. The van der Waals surface area contributed by atoms with Crippen molar-refractivity contribution in [2.45, 2.75) is 25.2 Å². The van der Waals surface area contributed by atoms with E-state index < -0.39 is 0 Å². The van der Waals surface area contributed by atoms with Crippen LogP contribution in [0, 0.1) is 13.8 Å². The fourth-order valence-corrected chi connectivity index (χ4v) is 3.39. The summed E-state index contributed by atoms with van der Waals surface area (Å²) in [6.45, 7) is 5.77. The average molecular weight is 264 g/mol. The second-order valence-electron chi connectivity index (χ2n) is 4.68. The summed E-state index contributed by atoms with van der Waals surface area (Å²) in [4.78, 5) is 15.4. The summed E-state index contributed by atoms with van der Waals surface area (Å²) in [5.41, 5.74) is 3.60. The summed E-state index contributed by atoms with van der Waals surface area (Å²) >= 11 is 1.86. The van der Waals surface area contributed by atoms with Crippen molar-refractivity contribution in [1.29, 1.82) is 0 Å². The largest absolute Gasteiger partial charge is 0.319 e. The quantitative estimate of drug-likeness (QED) is 0.909. The normalized spacial score (nSPS) is 14.5. The molecule has 1 N–H and O–H groups in total. The maximum absolute atomic E-state index is 12.2. The lowest BCUT2D eigenvalue weighted by Gasteiger charge is -2.30. The van der Waals surface area contributed by atoms with Crippen molar-refractivity contribution in [1.82, 2.24) is 5.32 Å². The van der Waals surface area contributed by atoms with Crippen molar-refractivity contribution in [3.05, 3.63) is 23.3 Å². The number of hydrogen-bond acceptors (Lipinski definition) is 3. The van der Waals surface area contributed by atoms with Crippen LogP contribution in [0.5, 0.6) is 0 Å². The van der Waals surface area contributed by atoms with Crippen molar-refractivity contribution >= 4 is 23.4 Å². The minimum absolute atomic E-state index is 0.218. The molecule has 1 aromatic rings. The second-order valence-corrected chi connectivity index (χ2v) is 5.78. The van der Waals surface area contributed by atoms with Gasteiger partial charge in [-0.25, -0.2) is 0 Å². The van der Waals surface area contributed by atoms with Crippen LogP contribution in [0.2, 0.25) is 0 Å². The number of anilines is 1. The van der Waals surface area contributed by atoms with Crippen molar-refractivity contribution in [3.8, 4) is 0 Å². The Bertz CT molecular complexity index is 459. The summed E-state index contributed by atoms with van der Waals surface area (Å²) in [6.07, 6.45) is 0.563. The van der Waals surface area contributed by atoms with E-state index in [4.69, 9.17) is 0 Å². The smallest absolute Gasteiger partial charge is 0.228 e. The molecule has 2 rings (SSSR count). The van der Waals surface area contributed by atoms with Crippen LogP contribution in [0.4, 0.5) is 5.69 Å². The van der Waals surface area contributed by atoms with E-state index in [9.17, 15) is 4.79 Å². The highest BCUT2D eigenvalue weighted by Crippen LogP contribution is 2.38. The molecule has 0 bridgehead atoms. The zero-order valence-electron chi connectivity index (χ0n) is 11.2. The van der Waals surface area contributed by atoms with Crippen molar-refractivity contribution in [2.24, 2.45) is 0 Å². The summed E-state index contributed by atoms with van der Waals surface area (Å²) in [5.74, 6) is 1.21. The molecule has 1 heterocycles. The Balaban J connectivity index is 2.30. The van der Waals surface area contributed by atoms with Gasteiger partial charge >= 0.3 is 0 Å². The molecule has 1 aromatic carbocycles. The summed E-state index contributed by atoms with van der Waals surface area (Å²) < 4.78 is 0. The van der Waals surface area contributed by atoms with Gasteiger partial charge in [-0.1, -0.05) is 6.07 Å². The van der Waals surface area contributed by atoms with Crippen molar-refractivity contribution in [3.63, 3.8) is 0 Å². The Morgan fingerprint density at radius 1 is 1.44 bits per heavy atom. The number of nitrogens with one attached hydrogen (secondary N) is 1. The Labute approximate surface area is 113 Å². The van der Waals surface area contributed by atoms with Crippen LogP contribution in [-0.2, 0) is 4.79 Å². The zero-order valence-corrected chi connectivity index (χ0v) is 12.1. The number of aryl methyl sites for hydroxylation is 2. The van der Waals surface area contributed by atoms with Crippen LogP contribution in [0.25, 0.3) is 0 Å². The number of amides is 1. The Hall–Kier alpha value is -1.00. The first-order chi connectivity index (χ1) is 8.63. The van der Waals surface area contributed by atoms with Gasteiger partial charge in [0.2, 0.25) is 5.91 Å². The van der Waals surface area contributed by atoms with E-state index in [-0.39, 0.29) is 5.91 Å². The molecule has 18 heavy (non-hydrogen) atoms. The van der Waals surface area contributed by atoms with E-state index in [0.717, 1.165) is 24.5 Å². The van der Waals surface area contributed by atoms with E-state index in [0.29, 0.717) is 6.42 Å². The van der Waals surface area contributed by atoms with Gasteiger partial charge in [-0.05, 0) is 38.1 Å². The molecule has 4 heteroatoms. The standard InChI is InChI=1S/C14H20N2OS/c1-10-8-11(2)14-12(9-10)16(6-7-18-14)13(17)4-5-15-3/h8-9,15H,4-7H2,1-3H3. The Kier molecular flexibility index (Phi) is 4.30. The molecule has 0 unspecified atom stereocenters. The first kappa shape index (κ1) is 13.4. The average Bonchev–Trinajstić information content (AvgIpc) is 2.35. The number of carbonyl (C=O) groups excluding carboxylic acids is 1. The van der Waals surface area contributed by atoms with Crippen LogP contribution in [0.1, 0.15) is 17.5 Å². The first-order valence-corrected chi connectivity index (χ1v) is 7.31. The van der Waals surface area contributed by atoms with Gasteiger partial charge in [-0.2, -0.15) is 0 Å². The number of thioether (sulfide) groups is 1. The number of nitrogens with zero attached hydrogens (tertiary/aromatic N) is 1. The molecule has 0 saturated carbocycles. The maximum atomic E-state index is 12.2. The fraction of sp³-hybridized carbons (Fsp3) is 0.500. The third-order valence-electron chi connectivity index (χ3n) is 3.14. The SMILES string of the molecule is CNCCC(=O)N1CCSc2c(C)cc(C)cc21. The number of carbonyl (C=O) groups is 1. The summed E-state index contributed by atoms with van der Waals surface area (Å²) in [7, 11) is 1.88. The van der Waals surface area contributed by atoms with Crippen LogP contribution in [-0.4, -0.2) is 31.8 Å². The van der Waals surface area contributed by atoms with Gasteiger partial charge in [-0.15, -0.1) is 11.8 Å². The number of hydrogen-bond donors (Lipinski definition) is 1. The maximum Gasteiger partial charge on any atom is 0.228 e. The number of rotatable bonds is 3. The fourth-order valence-electron chi connectivity index (χ4n) is 2.31. The van der Waals surface area contributed by atoms with Gasteiger partial charge in [0.05, 0.1) is 5.69 Å². The topological polar surface area (TPSA) is 32.3 Å². The van der Waals surface area contributed by atoms with Gasteiger partial charge in [0.15, 0.2) is 0 Å². The molecule has 1 aliphatic rings. The van der Waals surface area contributed by atoms with Gasteiger partial charge in [-0.3, -0.25) is 4.79 Å². The van der Waals surface area contributed by atoms with Gasteiger partial charge in [0.25, 0.3) is 0 Å². The molecule has 1 aliphatic heterocycles. The zero-order chi connectivity index (χ0) is 13.1. The monoisotopic (exact) mass is 264 g/mol. The highest BCUT2D eigenvalue weighted by atomic mass is 32.2. The number of fused-ring (bicyclic) bond motifs is 1. The molecular formula is C14H20N2OS. The van der Waals surface area contributed by atoms with Crippen LogP contribution >= 0.6 is 11.8 Å². The lowest BCUT2D eigenvalue weighted by Crippen LogP contribution is -2.37. The minimum atomic E-state index is 0.218. The van der Waals surface area contributed by atoms with Crippen LogP contribution in [0.3, 0.4) is 0 Å². The van der Waals surface area contributed by atoms with Crippen LogP contribution < -0.4 is 10.2 Å². The number of benzene rings is 1. The summed E-state index contributed by atoms with van der Waals surface area (Å²) in [5, 5.41) is 3.03. The van der Waals surface area contributed by atoms with Gasteiger partial charge in [0, 0.05) is 30.2 Å². The molecule has 0 fully saturated rings. The highest BCUT2D eigenvalue weighted by Gasteiger charge is 2.23. The highest BCUT2D eigenvalue weighted by molar-refractivity contribution is 7.99. The minimum Gasteiger partial charge on any atom is -0.319 e. The Morgan fingerprint density at radius 3 is 2.94 bits per heavy atom. The van der Waals surface area contributed by atoms with E-state index >= 15 is 0 Å². The van der Waals surface area contributed by atoms with Gasteiger partial charge < -0.3 is 10.2 Å².